The Labute approximate surface area is 117 Å². The average molecular weight is 275 g/mol. The number of carboxylic acid groups (broad SMARTS) is 1. The molecule has 0 heterocycles. The molecule has 0 aliphatic heterocycles. The Morgan fingerprint density at radius 2 is 2.10 bits per heavy atom. The summed E-state index contributed by atoms with van der Waals surface area (Å²) in [6, 6.07) is 7.87. The number of benzene rings is 1. The SMILES string of the molecule is CCCC(NCC(=O)Nc1ccccc1C#N)C(=O)O. The van der Waals surface area contributed by atoms with Crippen molar-refractivity contribution in [2.75, 3.05) is 11.9 Å². The molecule has 0 saturated carbocycles. The molecule has 0 aromatic heterocycles. The lowest BCUT2D eigenvalue weighted by atomic mass is 10.1. The Balaban J connectivity index is 2.56. The number of para-hydroxylation sites is 1. The van der Waals surface area contributed by atoms with Crippen LogP contribution in [0.2, 0.25) is 0 Å². The number of carboxylic acids is 1. The van der Waals surface area contributed by atoms with Gasteiger partial charge in [-0.25, -0.2) is 0 Å². The summed E-state index contributed by atoms with van der Waals surface area (Å²) >= 11 is 0. The fourth-order valence-corrected chi connectivity index (χ4v) is 1.70. The fourth-order valence-electron chi connectivity index (χ4n) is 1.70. The molecule has 0 spiro atoms. The van der Waals surface area contributed by atoms with E-state index in [1.807, 2.05) is 13.0 Å². The van der Waals surface area contributed by atoms with Crippen LogP contribution < -0.4 is 10.6 Å². The first kappa shape index (κ1) is 15.7. The first-order valence-electron chi connectivity index (χ1n) is 6.33. The molecular formula is C14H17N3O3. The summed E-state index contributed by atoms with van der Waals surface area (Å²) in [4.78, 5) is 22.7. The molecule has 0 bridgehead atoms. The maximum absolute atomic E-state index is 11.7. The number of carbonyl (C=O) groups excluding carboxylic acids is 1. The number of hydrogen-bond acceptors (Lipinski definition) is 4. The molecule has 0 saturated heterocycles. The van der Waals surface area contributed by atoms with Gasteiger partial charge in [-0.2, -0.15) is 5.26 Å². The Bertz CT molecular complexity index is 523. The van der Waals surface area contributed by atoms with Crippen LogP contribution in [0.15, 0.2) is 24.3 Å². The van der Waals surface area contributed by atoms with Gasteiger partial charge in [0.1, 0.15) is 12.1 Å². The zero-order valence-corrected chi connectivity index (χ0v) is 11.2. The predicted molar refractivity (Wildman–Crippen MR) is 74.1 cm³/mol. The van der Waals surface area contributed by atoms with Gasteiger partial charge in [-0.3, -0.25) is 14.9 Å². The van der Waals surface area contributed by atoms with Gasteiger partial charge in [-0.1, -0.05) is 25.5 Å². The van der Waals surface area contributed by atoms with E-state index < -0.39 is 12.0 Å². The van der Waals surface area contributed by atoms with Gasteiger partial charge in [0.05, 0.1) is 17.8 Å². The van der Waals surface area contributed by atoms with Crippen LogP contribution in [0, 0.1) is 11.3 Å². The summed E-state index contributed by atoms with van der Waals surface area (Å²) in [5, 5.41) is 23.1. The smallest absolute Gasteiger partial charge is 0.320 e. The van der Waals surface area contributed by atoms with Crippen molar-refractivity contribution < 1.29 is 14.7 Å². The van der Waals surface area contributed by atoms with Crippen LogP contribution in [0.5, 0.6) is 0 Å². The topological polar surface area (TPSA) is 102 Å². The third-order valence-corrected chi connectivity index (χ3v) is 2.71. The van der Waals surface area contributed by atoms with Gasteiger partial charge >= 0.3 is 5.97 Å². The van der Waals surface area contributed by atoms with E-state index in [0.717, 1.165) is 0 Å². The fraction of sp³-hybridized carbons (Fsp3) is 0.357. The quantitative estimate of drug-likeness (QED) is 0.697. The summed E-state index contributed by atoms with van der Waals surface area (Å²) < 4.78 is 0. The monoisotopic (exact) mass is 275 g/mol. The molecule has 3 N–H and O–H groups in total. The van der Waals surface area contributed by atoms with Crippen LogP contribution in [-0.2, 0) is 9.59 Å². The van der Waals surface area contributed by atoms with Crippen LogP contribution in [0.25, 0.3) is 0 Å². The molecule has 1 amide bonds. The summed E-state index contributed by atoms with van der Waals surface area (Å²) in [6.45, 7) is 1.76. The minimum atomic E-state index is -0.975. The Morgan fingerprint density at radius 3 is 2.70 bits per heavy atom. The number of aliphatic carboxylic acids is 1. The highest BCUT2D eigenvalue weighted by Crippen LogP contribution is 2.12. The Kier molecular flexibility index (Phi) is 6.20. The number of nitrogens with one attached hydrogen (secondary N) is 2. The maximum Gasteiger partial charge on any atom is 0.320 e. The molecule has 6 heteroatoms. The van der Waals surface area contributed by atoms with Crippen molar-refractivity contribution in [2.45, 2.75) is 25.8 Å². The summed E-state index contributed by atoms with van der Waals surface area (Å²) in [5.74, 6) is -1.35. The van der Waals surface area contributed by atoms with Gasteiger partial charge in [0, 0.05) is 0 Å². The largest absolute Gasteiger partial charge is 0.480 e. The first-order valence-corrected chi connectivity index (χ1v) is 6.33. The number of nitrogens with zero attached hydrogens (tertiary/aromatic N) is 1. The molecule has 0 radical (unpaired) electrons. The summed E-state index contributed by atoms with van der Waals surface area (Å²) in [5.41, 5.74) is 0.786. The van der Waals surface area contributed by atoms with Crippen molar-refractivity contribution >= 4 is 17.6 Å². The minimum absolute atomic E-state index is 0.114. The van der Waals surface area contributed by atoms with Gasteiger partial charge < -0.3 is 10.4 Å². The molecule has 106 valence electrons. The molecule has 6 nitrogen and oxygen atoms in total. The first-order chi connectivity index (χ1) is 9.58. The lowest BCUT2D eigenvalue weighted by molar-refractivity contribution is -0.139. The van der Waals surface area contributed by atoms with Crippen molar-refractivity contribution in [3.63, 3.8) is 0 Å². The average Bonchev–Trinajstić information content (AvgIpc) is 2.43. The van der Waals surface area contributed by atoms with E-state index >= 15 is 0 Å². The highest BCUT2D eigenvalue weighted by molar-refractivity contribution is 5.93. The van der Waals surface area contributed by atoms with Gasteiger partial charge in [-0.05, 0) is 18.6 Å². The second-order valence-electron chi connectivity index (χ2n) is 4.27. The van der Waals surface area contributed by atoms with Crippen LogP contribution in [-0.4, -0.2) is 29.6 Å². The van der Waals surface area contributed by atoms with Crippen LogP contribution >= 0.6 is 0 Å². The number of amides is 1. The molecule has 0 aliphatic carbocycles. The second-order valence-corrected chi connectivity index (χ2v) is 4.27. The van der Waals surface area contributed by atoms with E-state index in [4.69, 9.17) is 10.4 Å². The third-order valence-electron chi connectivity index (χ3n) is 2.71. The van der Waals surface area contributed by atoms with Crippen LogP contribution in [0.3, 0.4) is 0 Å². The normalized spacial score (nSPS) is 11.4. The molecule has 20 heavy (non-hydrogen) atoms. The van der Waals surface area contributed by atoms with E-state index in [1.54, 1.807) is 24.3 Å². The van der Waals surface area contributed by atoms with Gasteiger partial charge in [0.15, 0.2) is 0 Å². The van der Waals surface area contributed by atoms with E-state index in [9.17, 15) is 9.59 Å². The van der Waals surface area contributed by atoms with E-state index in [0.29, 0.717) is 24.1 Å². The molecule has 1 aromatic rings. The molecule has 1 rings (SSSR count). The highest BCUT2D eigenvalue weighted by atomic mass is 16.4. The van der Waals surface area contributed by atoms with Crippen molar-refractivity contribution in [3.05, 3.63) is 29.8 Å². The maximum atomic E-state index is 11.7. The summed E-state index contributed by atoms with van der Waals surface area (Å²) in [7, 11) is 0. The second kappa shape index (κ2) is 7.92. The van der Waals surface area contributed by atoms with Gasteiger partial charge in [0.2, 0.25) is 5.91 Å². The molecule has 1 aromatic carbocycles. The predicted octanol–water partition coefficient (Wildman–Crippen LogP) is 1.34. The van der Waals surface area contributed by atoms with Crippen molar-refractivity contribution in [3.8, 4) is 6.07 Å². The minimum Gasteiger partial charge on any atom is -0.480 e. The Morgan fingerprint density at radius 1 is 1.40 bits per heavy atom. The zero-order chi connectivity index (χ0) is 15.0. The van der Waals surface area contributed by atoms with Crippen molar-refractivity contribution in [2.24, 2.45) is 0 Å². The number of anilines is 1. The van der Waals surface area contributed by atoms with E-state index in [1.165, 1.54) is 0 Å². The lowest BCUT2D eigenvalue weighted by Crippen LogP contribution is -2.41. The van der Waals surface area contributed by atoms with E-state index in [-0.39, 0.29) is 12.5 Å². The van der Waals surface area contributed by atoms with Crippen molar-refractivity contribution in [1.82, 2.24) is 5.32 Å². The highest BCUT2D eigenvalue weighted by Gasteiger charge is 2.16. The third kappa shape index (κ3) is 4.71. The van der Waals surface area contributed by atoms with Gasteiger partial charge in [0.25, 0.3) is 0 Å². The number of hydrogen-bond donors (Lipinski definition) is 3. The molecular weight excluding hydrogens is 258 g/mol. The standard InChI is InChI=1S/C14H17N3O3/c1-2-5-12(14(19)20)16-9-13(18)17-11-7-4-3-6-10(11)8-15/h3-4,6-7,12,16H,2,5,9H2,1H3,(H,17,18)(H,19,20). The van der Waals surface area contributed by atoms with Crippen LogP contribution in [0.1, 0.15) is 25.3 Å². The zero-order valence-electron chi connectivity index (χ0n) is 11.2. The van der Waals surface area contributed by atoms with Crippen molar-refractivity contribution in [1.29, 1.82) is 5.26 Å². The Hall–Kier alpha value is -2.39. The van der Waals surface area contributed by atoms with Crippen LogP contribution in [0.4, 0.5) is 5.69 Å². The number of rotatable bonds is 7. The molecule has 0 fully saturated rings. The molecule has 1 unspecified atom stereocenters. The summed E-state index contributed by atoms with van der Waals surface area (Å²) in [6.07, 6.45) is 1.17. The lowest BCUT2D eigenvalue weighted by Gasteiger charge is -2.13. The number of nitriles is 1. The van der Waals surface area contributed by atoms with E-state index in [2.05, 4.69) is 10.6 Å². The molecule has 1 atom stereocenters. The molecule has 0 aliphatic rings. The van der Waals surface area contributed by atoms with Gasteiger partial charge in [-0.15, -0.1) is 0 Å². The number of carbonyl (C=O) groups is 2.